The van der Waals surface area contributed by atoms with E-state index in [2.05, 4.69) is 22.8 Å². The molecule has 2 aliphatic rings. The van der Waals surface area contributed by atoms with Crippen molar-refractivity contribution in [3.8, 4) is 11.5 Å². The normalized spacial score (nSPS) is 22.1. The van der Waals surface area contributed by atoms with Crippen LogP contribution >= 0.6 is 11.8 Å². The minimum Gasteiger partial charge on any atom is -0.493 e. The zero-order chi connectivity index (χ0) is 19.1. The lowest BCUT2D eigenvalue weighted by atomic mass is 9.69. The van der Waals surface area contributed by atoms with Crippen LogP contribution in [0.2, 0.25) is 0 Å². The van der Waals surface area contributed by atoms with Crippen molar-refractivity contribution in [1.82, 2.24) is 10.6 Å². The smallest absolute Gasteiger partial charge is 0.221 e. The average Bonchev–Trinajstić information content (AvgIpc) is 2.73. The Kier molecular flexibility index (Phi) is 7.30. The fourth-order valence-electron chi connectivity index (χ4n) is 4.28. The number of benzene rings is 1. The van der Waals surface area contributed by atoms with E-state index >= 15 is 0 Å². The van der Waals surface area contributed by atoms with Crippen LogP contribution in [0.15, 0.2) is 18.2 Å². The largest absolute Gasteiger partial charge is 0.493 e. The number of ether oxygens (including phenoxy) is 2. The summed E-state index contributed by atoms with van der Waals surface area (Å²) in [5, 5.41) is 6.69. The highest BCUT2D eigenvalue weighted by atomic mass is 32.2. The third-order valence-electron chi connectivity index (χ3n) is 5.86. The van der Waals surface area contributed by atoms with Crippen LogP contribution in [0.4, 0.5) is 0 Å². The highest BCUT2D eigenvalue weighted by Crippen LogP contribution is 2.42. The van der Waals surface area contributed by atoms with E-state index in [9.17, 15) is 4.79 Å². The van der Waals surface area contributed by atoms with Crippen LogP contribution in [-0.2, 0) is 10.2 Å². The van der Waals surface area contributed by atoms with Crippen molar-refractivity contribution in [2.45, 2.75) is 50.0 Å². The molecule has 1 amide bonds. The third kappa shape index (κ3) is 5.11. The number of thioether (sulfide) groups is 1. The number of nitrogens with one attached hydrogen (secondary N) is 2. The van der Waals surface area contributed by atoms with Gasteiger partial charge in [-0.3, -0.25) is 4.79 Å². The summed E-state index contributed by atoms with van der Waals surface area (Å²) < 4.78 is 10.9. The summed E-state index contributed by atoms with van der Waals surface area (Å²) >= 11 is 1.93. The van der Waals surface area contributed by atoms with Gasteiger partial charge in [0.15, 0.2) is 11.5 Å². The van der Waals surface area contributed by atoms with E-state index < -0.39 is 0 Å². The summed E-state index contributed by atoms with van der Waals surface area (Å²) in [6.45, 7) is 1.69. The van der Waals surface area contributed by atoms with Crippen LogP contribution in [0.5, 0.6) is 11.5 Å². The molecule has 5 nitrogen and oxygen atoms in total. The van der Waals surface area contributed by atoms with Crippen molar-refractivity contribution >= 4 is 17.7 Å². The Morgan fingerprint density at radius 1 is 1.22 bits per heavy atom. The molecule has 1 saturated heterocycles. The molecule has 0 radical (unpaired) electrons. The molecule has 1 aromatic carbocycles. The fourth-order valence-corrected chi connectivity index (χ4v) is 5.23. The highest BCUT2D eigenvalue weighted by molar-refractivity contribution is 7.99. The van der Waals surface area contributed by atoms with Crippen LogP contribution in [0.3, 0.4) is 0 Å². The van der Waals surface area contributed by atoms with E-state index in [0.29, 0.717) is 19.0 Å². The number of hydrogen-bond donors (Lipinski definition) is 2. The first-order chi connectivity index (χ1) is 13.2. The van der Waals surface area contributed by atoms with Gasteiger partial charge in [-0.1, -0.05) is 25.3 Å². The molecule has 1 atom stereocenters. The van der Waals surface area contributed by atoms with Gasteiger partial charge in [0.1, 0.15) is 0 Å². The average molecular weight is 393 g/mol. The summed E-state index contributed by atoms with van der Waals surface area (Å²) in [4.78, 5) is 12.5. The van der Waals surface area contributed by atoms with Gasteiger partial charge in [-0.15, -0.1) is 0 Å². The van der Waals surface area contributed by atoms with Crippen molar-refractivity contribution in [1.29, 1.82) is 0 Å². The van der Waals surface area contributed by atoms with Gasteiger partial charge < -0.3 is 20.1 Å². The number of carbonyl (C=O) groups is 1. The summed E-state index contributed by atoms with van der Waals surface area (Å²) in [6, 6.07) is 6.51. The fraction of sp³-hybridized carbons (Fsp3) is 0.667. The first-order valence-corrected chi connectivity index (χ1v) is 11.1. The second-order valence-electron chi connectivity index (χ2n) is 7.62. The SMILES string of the molecule is COc1ccc(C2(CNC(=O)CC3CSCCN3)CCCCC2)cc1OC. The van der Waals surface area contributed by atoms with Gasteiger partial charge in [0.25, 0.3) is 0 Å². The molecule has 1 aliphatic carbocycles. The van der Waals surface area contributed by atoms with Gasteiger partial charge in [-0.2, -0.15) is 11.8 Å². The van der Waals surface area contributed by atoms with Crippen LogP contribution in [0, 0.1) is 0 Å². The molecular formula is C21H32N2O3S. The molecule has 1 aliphatic heterocycles. The maximum atomic E-state index is 12.5. The molecule has 0 bridgehead atoms. The molecule has 1 saturated carbocycles. The zero-order valence-corrected chi connectivity index (χ0v) is 17.3. The molecule has 27 heavy (non-hydrogen) atoms. The topological polar surface area (TPSA) is 59.6 Å². The van der Waals surface area contributed by atoms with Gasteiger partial charge >= 0.3 is 0 Å². The number of carbonyl (C=O) groups excluding carboxylic acids is 1. The second kappa shape index (κ2) is 9.69. The maximum absolute atomic E-state index is 12.5. The van der Waals surface area contributed by atoms with E-state index in [1.54, 1.807) is 14.2 Å². The molecule has 2 N–H and O–H groups in total. The lowest BCUT2D eigenvalue weighted by Crippen LogP contribution is -2.45. The molecule has 0 aromatic heterocycles. The number of amides is 1. The summed E-state index contributed by atoms with van der Waals surface area (Å²) in [6.07, 6.45) is 6.43. The van der Waals surface area contributed by atoms with E-state index in [0.717, 1.165) is 42.4 Å². The minimum absolute atomic E-state index is 0.0117. The van der Waals surface area contributed by atoms with Crippen LogP contribution < -0.4 is 20.1 Å². The van der Waals surface area contributed by atoms with Gasteiger partial charge in [-0.05, 0) is 30.5 Å². The van der Waals surface area contributed by atoms with E-state index in [-0.39, 0.29) is 11.3 Å². The van der Waals surface area contributed by atoms with Gasteiger partial charge in [-0.25, -0.2) is 0 Å². The minimum atomic E-state index is -0.0117. The van der Waals surface area contributed by atoms with Gasteiger partial charge in [0, 0.05) is 42.5 Å². The lowest BCUT2D eigenvalue weighted by Gasteiger charge is -2.38. The van der Waals surface area contributed by atoms with Crippen molar-refractivity contribution in [3.05, 3.63) is 23.8 Å². The first-order valence-electron chi connectivity index (χ1n) is 9.97. The monoisotopic (exact) mass is 392 g/mol. The third-order valence-corrected chi connectivity index (χ3v) is 6.99. The molecule has 3 rings (SSSR count). The summed E-state index contributed by atoms with van der Waals surface area (Å²) in [5.41, 5.74) is 1.23. The second-order valence-corrected chi connectivity index (χ2v) is 8.77. The molecule has 2 fully saturated rings. The molecular weight excluding hydrogens is 360 g/mol. The van der Waals surface area contributed by atoms with E-state index in [1.165, 1.54) is 24.8 Å². The zero-order valence-electron chi connectivity index (χ0n) is 16.5. The Balaban J connectivity index is 1.70. The molecule has 0 spiro atoms. The van der Waals surface area contributed by atoms with Crippen molar-refractivity contribution in [3.63, 3.8) is 0 Å². The molecule has 1 aromatic rings. The number of methoxy groups -OCH3 is 2. The Labute approximate surface area is 167 Å². The molecule has 1 unspecified atom stereocenters. The van der Waals surface area contributed by atoms with Crippen molar-refractivity contribution < 1.29 is 14.3 Å². The quantitative estimate of drug-likeness (QED) is 0.747. The van der Waals surface area contributed by atoms with Crippen LogP contribution in [0.1, 0.15) is 44.1 Å². The maximum Gasteiger partial charge on any atom is 0.221 e. The molecule has 150 valence electrons. The highest BCUT2D eigenvalue weighted by Gasteiger charge is 2.35. The standard InChI is InChI=1S/C21H32N2O3S/c1-25-18-7-6-16(12-19(18)26-2)21(8-4-3-5-9-21)15-23-20(24)13-17-14-27-11-10-22-17/h6-7,12,17,22H,3-5,8-11,13-15H2,1-2H3,(H,23,24). The van der Waals surface area contributed by atoms with Gasteiger partial charge in [0.05, 0.1) is 14.2 Å². The van der Waals surface area contributed by atoms with Gasteiger partial charge in [0.2, 0.25) is 5.91 Å². The Morgan fingerprint density at radius 2 is 2.00 bits per heavy atom. The number of hydrogen-bond acceptors (Lipinski definition) is 5. The first kappa shape index (κ1) is 20.3. The van der Waals surface area contributed by atoms with E-state index in [4.69, 9.17) is 9.47 Å². The lowest BCUT2D eigenvalue weighted by molar-refractivity contribution is -0.121. The number of rotatable bonds is 7. The molecule has 1 heterocycles. The van der Waals surface area contributed by atoms with Crippen molar-refractivity contribution in [2.24, 2.45) is 0 Å². The predicted octanol–water partition coefficient (Wildman–Crippen LogP) is 3.12. The van der Waals surface area contributed by atoms with Crippen LogP contribution in [0.25, 0.3) is 0 Å². The Bertz CT molecular complexity index is 626. The van der Waals surface area contributed by atoms with E-state index in [1.807, 2.05) is 17.8 Å². The van der Waals surface area contributed by atoms with Crippen molar-refractivity contribution in [2.75, 3.05) is 38.8 Å². The Hall–Kier alpha value is -1.40. The molecule has 6 heteroatoms. The Morgan fingerprint density at radius 3 is 2.67 bits per heavy atom. The van der Waals surface area contributed by atoms with Crippen LogP contribution in [-0.4, -0.2) is 50.8 Å². The summed E-state index contributed by atoms with van der Waals surface area (Å²) in [7, 11) is 3.33. The summed E-state index contributed by atoms with van der Waals surface area (Å²) in [5.74, 6) is 3.82. The predicted molar refractivity (Wildman–Crippen MR) is 111 cm³/mol.